The SMILES string of the molecule is CC(=O)O[C@H]1C[C@H](O[C@@H]2[C@@H](O)C[C@H](O[C@@H]3[C@@H](O)C[C@H](O[C@@H]4CC[C@@]5(C)[C@H](CC[C@@H]6[C@@H]5C[C@H](O)[C@]5(C)[C@H](C7=CC(=O)OC7)CC[C@]65O)C4)O[C@@H]3C)O[C@@H]2C)O[C@H](C)[C@H]1O. The standard InChI is InChI=1S/C43H66O15/c1-20-38(49)32(55-23(4)44)18-37(52-20)58-40-22(3)54-36(17-31(40)46)57-39-21(2)53-35(16-30(39)45)56-26-9-11-41(5)25(14-26)7-8-28-29(41)15-33(47)42(6)27(10-12-43(28,42)50)24-13-34(48)51-19-24/h13,20-22,25-33,35-40,45-47,49-50H,7-12,14-19H2,1-6H3/t20-,21-,22-,25-,26-,27+,28-,29+,30+,31+,32+,33+,35+,36+,37+,38-,39+,40+,41+,42+,43+/m1/s1. The number of cyclic esters (lactones) is 1. The molecule has 4 aliphatic heterocycles. The van der Waals surface area contributed by atoms with Crippen LogP contribution in [0.15, 0.2) is 11.6 Å². The minimum absolute atomic E-state index is 0.0561. The number of hydrogen-bond acceptors (Lipinski definition) is 15. The van der Waals surface area contributed by atoms with Crippen molar-refractivity contribution in [3.05, 3.63) is 11.6 Å². The van der Waals surface area contributed by atoms with E-state index >= 15 is 0 Å². The van der Waals surface area contributed by atoms with Crippen molar-refractivity contribution < 1.29 is 73.0 Å². The van der Waals surface area contributed by atoms with Gasteiger partial charge in [-0.1, -0.05) is 13.8 Å². The van der Waals surface area contributed by atoms with Gasteiger partial charge in [-0.3, -0.25) is 4.79 Å². The molecule has 21 atom stereocenters. The molecule has 58 heavy (non-hydrogen) atoms. The summed E-state index contributed by atoms with van der Waals surface area (Å²) in [5, 5.41) is 57.3. The maximum atomic E-state index is 12.6. The maximum absolute atomic E-state index is 12.6. The number of aliphatic hydroxyl groups is 5. The van der Waals surface area contributed by atoms with Crippen LogP contribution in [0.5, 0.6) is 0 Å². The van der Waals surface area contributed by atoms with E-state index in [9.17, 15) is 35.1 Å². The highest BCUT2D eigenvalue weighted by atomic mass is 16.7. The zero-order chi connectivity index (χ0) is 41.5. The summed E-state index contributed by atoms with van der Waals surface area (Å²) >= 11 is 0. The third kappa shape index (κ3) is 7.49. The van der Waals surface area contributed by atoms with Crippen molar-refractivity contribution >= 4 is 11.9 Å². The summed E-state index contributed by atoms with van der Waals surface area (Å²) in [5.41, 5.74) is -0.918. The molecular formula is C43H66O15. The zero-order valence-corrected chi connectivity index (χ0v) is 34.8. The molecule has 4 heterocycles. The van der Waals surface area contributed by atoms with E-state index in [2.05, 4.69) is 6.92 Å². The number of aliphatic hydroxyl groups excluding tert-OH is 4. The van der Waals surface area contributed by atoms with E-state index < -0.39 is 96.9 Å². The number of ether oxygens (including phenoxy) is 8. The molecule has 8 aliphatic rings. The van der Waals surface area contributed by atoms with Crippen LogP contribution >= 0.6 is 0 Å². The second-order valence-corrected chi connectivity index (χ2v) is 19.4. The topological polar surface area (TPSA) is 209 Å². The summed E-state index contributed by atoms with van der Waals surface area (Å²) in [5.74, 6) is -0.345. The van der Waals surface area contributed by atoms with Gasteiger partial charge in [0, 0.05) is 37.7 Å². The van der Waals surface area contributed by atoms with Crippen molar-refractivity contribution in [2.75, 3.05) is 6.61 Å². The number of rotatable bonds is 8. The molecule has 5 N–H and O–H groups in total. The molecule has 8 rings (SSSR count). The summed E-state index contributed by atoms with van der Waals surface area (Å²) in [6, 6.07) is 0. The van der Waals surface area contributed by atoms with Gasteiger partial charge in [-0.2, -0.15) is 0 Å². The number of carbonyl (C=O) groups is 2. The quantitative estimate of drug-likeness (QED) is 0.176. The van der Waals surface area contributed by atoms with Crippen molar-refractivity contribution in [3.63, 3.8) is 0 Å². The largest absolute Gasteiger partial charge is 0.459 e. The van der Waals surface area contributed by atoms with Crippen molar-refractivity contribution in [1.29, 1.82) is 0 Å². The van der Waals surface area contributed by atoms with Crippen LogP contribution < -0.4 is 0 Å². The first kappa shape index (κ1) is 42.9. The van der Waals surface area contributed by atoms with E-state index in [4.69, 9.17) is 37.9 Å². The molecule has 7 fully saturated rings. The fraction of sp³-hybridized carbons (Fsp3) is 0.907. The second-order valence-electron chi connectivity index (χ2n) is 19.4. The van der Waals surface area contributed by atoms with Gasteiger partial charge < -0.3 is 63.4 Å². The lowest BCUT2D eigenvalue weighted by molar-refractivity contribution is -0.336. The van der Waals surface area contributed by atoms with Crippen molar-refractivity contribution in [1.82, 2.24) is 0 Å². The Morgan fingerprint density at radius 2 is 1.38 bits per heavy atom. The van der Waals surface area contributed by atoms with Gasteiger partial charge in [-0.05, 0) is 107 Å². The number of hydrogen-bond donors (Lipinski definition) is 5. The Bertz CT molecular complexity index is 1530. The first-order chi connectivity index (χ1) is 27.4. The van der Waals surface area contributed by atoms with E-state index in [-0.39, 0.29) is 61.1 Å². The van der Waals surface area contributed by atoms with Gasteiger partial charge >= 0.3 is 11.9 Å². The summed E-state index contributed by atoms with van der Waals surface area (Å²) < 4.78 is 47.7. The van der Waals surface area contributed by atoms with Crippen molar-refractivity contribution in [3.8, 4) is 0 Å². The van der Waals surface area contributed by atoms with Crippen LogP contribution in [0.4, 0.5) is 0 Å². The van der Waals surface area contributed by atoms with Gasteiger partial charge in [-0.15, -0.1) is 0 Å². The molecule has 15 heteroatoms. The molecule has 0 unspecified atom stereocenters. The van der Waals surface area contributed by atoms with Gasteiger partial charge in [-0.25, -0.2) is 4.79 Å². The van der Waals surface area contributed by atoms with Crippen LogP contribution in [-0.4, -0.2) is 136 Å². The van der Waals surface area contributed by atoms with E-state index in [1.807, 2.05) is 13.8 Å². The lowest BCUT2D eigenvalue weighted by Crippen LogP contribution is -2.67. The molecule has 15 nitrogen and oxygen atoms in total. The molecule has 3 saturated heterocycles. The zero-order valence-electron chi connectivity index (χ0n) is 34.8. The fourth-order valence-corrected chi connectivity index (χ4v) is 13.1. The Kier molecular flexibility index (Phi) is 12.0. The van der Waals surface area contributed by atoms with Crippen LogP contribution in [-0.2, 0) is 47.5 Å². The van der Waals surface area contributed by atoms with Gasteiger partial charge in [0.25, 0.3) is 0 Å². The Labute approximate surface area is 341 Å². The molecule has 0 aromatic carbocycles. The van der Waals surface area contributed by atoms with E-state index in [0.29, 0.717) is 18.8 Å². The number of esters is 2. The lowest BCUT2D eigenvalue weighted by Gasteiger charge is -2.65. The molecule has 0 amide bonds. The summed E-state index contributed by atoms with van der Waals surface area (Å²) in [7, 11) is 0. The second kappa shape index (κ2) is 16.2. The third-order valence-electron chi connectivity index (χ3n) is 16.2. The Hall–Kier alpha value is -1.76. The maximum Gasteiger partial charge on any atom is 0.331 e. The first-order valence-electron chi connectivity index (χ1n) is 21.8. The Morgan fingerprint density at radius 1 is 0.759 bits per heavy atom. The van der Waals surface area contributed by atoms with Gasteiger partial charge in [0.2, 0.25) is 0 Å². The molecule has 4 saturated carbocycles. The van der Waals surface area contributed by atoms with Crippen molar-refractivity contribution in [2.24, 2.45) is 34.5 Å². The van der Waals surface area contributed by atoms with E-state index in [0.717, 1.165) is 44.1 Å². The predicted molar refractivity (Wildman–Crippen MR) is 202 cm³/mol. The van der Waals surface area contributed by atoms with Crippen LogP contribution in [0.2, 0.25) is 0 Å². The smallest absolute Gasteiger partial charge is 0.331 e. The molecule has 0 radical (unpaired) electrons. The van der Waals surface area contributed by atoms with Crippen molar-refractivity contribution in [2.45, 2.75) is 204 Å². The minimum Gasteiger partial charge on any atom is -0.459 e. The minimum atomic E-state index is -1.02. The molecule has 0 spiro atoms. The van der Waals surface area contributed by atoms with Crippen LogP contribution in [0, 0.1) is 34.5 Å². The molecule has 4 aliphatic carbocycles. The molecular weight excluding hydrogens is 756 g/mol. The number of carbonyl (C=O) groups excluding carboxylic acids is 2. The molecule has 0 aromatic rings. The monoisotopic (exact) mass is 822 g/mol. The Morgan fingerprint density at radius 3 is 1.98 bits per heavy atom. The van der Waals surface area contributed by atoms with Crippen LogP contribution in [0.3, 0.4) is 0 Å². The molecule has 328 valence electrons. The fourth-order valence-electron chi connectivity index (χ4n) is 13.1. The summed E-state index contributed by atoms with van der Waals surface area (Å²) in [6.07, 6.45) is -1.66. The highest BCUT2D eigenvalue weighted by Crippen LogP contribution is 2.70. The highest BCUT2D eigenvalue weighted by molar-refractivity contribution is 5.85. The van der Waals surface area contributed by atoms with Gasteiger partial charge in [0.05, 0.1) is 48.3 Å². The normalized spacial score (nSPS) is 53.2. The first-order valence-corrected chi connectivity index (χ1v) is 21.8. The van der Waals surface area contributed by atoms with Crippen LogP contribution in [0.25, 0.3) is 0 Å². The predicted octanol–water partition coefficient (Wildman–Crippen LogP) is 2.79. The van der Waals surface area contributed by atoms with Gasteiger partial charge in [0.1, 0.15) is 31.0 Å². The summed E-state index contributed by atoms with van der Waals surface area (Å²) in [6.45, 7) is 11.2. The molecule has 0 aromatic heterocycles. The van der Waals surface area contributed by atoms with E-state index in [1.54, 1.807) is 19.9 Å². The number of fused-ring (bicyclic) bond motifs is 5. The van der Waals surface area contributed by atoms with Gasteiger partial charge in [0.15, 0.2) is 18.9 Å². The lowest BCUT2D eigenvalue weighted by atomic mass is 9.42. The highest BCUT2D eigenvalue weighted by Gasteiger charge is 2.71. The third-order valence-corrected chi connectivity index (χ3v) is 16.2. The van der Waals surface area contributed by atoms with Crippen LogP contribution in [0.1, 0.15) is 112 Å². The average Bonchev–Trinajstić information content (AvgIpc) is 3.70. The van der Waals surface area contributed by atoms with E-state index in [1.165, 1.54) is 6.92 Å². The molecule has 0 bridgehead atoms. The Balaban J connectivity index is 0.829. The average molecular weight is 823 g/mol. The summed E-state index contributed by atoms with van der Waals surface area (Å²) in [4.78, 5) is 23.5.